The third kappa shape index (κ3) is 2.03. The summed E-state index contributed by atoms with van der Waals surface area (Å²) in [6.07, 6.45) is 7.07. The maximum Gasteiger partial charge on any atom is 0.137 e. The molecule has 1 N–H and O–H groups in total. The van der Waals surface area contributed by atoms with Gasteiger partial charge < -0.3 is 5.11 Å². The van der Waals surface area contributed by atoms with Gasteiger partial charge in [0.05, 0.1) is 6.04 Å². The quantitative estimate of drug-likeness (QED) is 0.787. The lowest BCUT2D eigenvalue weighted by molar-refractivity contribution is -0.0504. The lowest BCUT2D eigenvalue weighted by atomic mass is 9.74. The van der Waals surface area contributed by atoms with E-state index < -0.39 is 5.60 Å². The standard InChI is InChI=1S/C18H19N3O/c22-18(11-4-3-10-17(18)21-13-19-12-20-21)16-9-5-7-14-6-1-2-8-15(14)16/h1-2,5-9,12-13,17,22H,3-4,10-11H2/t17-,18+/m1/s1. The number of aromatic nitrogens is 3. The number of aliphatic hydroxyl groups is 1. The van der Waals surface area contributed by atoms with Crippen molar-refractivity contribution < 1.29 is 5.11 Å². The first kappa shape index (κ1) is 13.5. The molecule has 3 aromatic rings. The Labute approximate surface area is 129 Å². The molecule has 1 aliphatic rings. The molecule has 0 spiro atoms. The zero-order chi connectivity index (χ0) is 15.0. The number of nitrogens with zero attached hydrogens (tertiary/aromatic N) is 3. The van der Waals surface area contributed by atoms with Crippen LogP contribution in [0.4, 0.5) is 0 Å². The molecule has 4 rings (SSSR count). The number of hydrogen-bond acceptors (Lipinski definition) is 3. The van der Waals surface area contributed by atoms with Crippen LogP contribution in [-0.2, 0) is 5.60 Å². The molecular weight excluding hydrogens is 274 g/mol. The summed E-state index contributed by atoms with van der Waals surface area (Å²) in [6, 6.07) is 14.4. The number of benzene rings is 2. The van der Waals surface area contributed by atoms with Crippen LogP contribution < -0.4 is 0 Å². The summed E-state index contributed by atoms with van der Waals surface area (Å²) in [5.74, 6) is 0. The average molecular weight is 293 g/mol. The Morgan fingerprint density at radius 1 is 1.09 bits per heavy atom. The van der Waals surface area contributed by atoms with Gasteiger partial charge in [-0.3, -0.25) is 0 Å². The highest BCUT2D eigenvalue weighted by molar-refractivity contribution is 5.86. The Kier molecular flexibility index (Phi) is 3.19. The summed E-state index contributed by atoms with van der Waals surface area (Å²) in [7, 11) is 0. The minimum Gasteiger partial charge on any atom is -0.383 e. The van der Waals surface area contributed by atoms with Crippen LogP contribution >= 0.6 is 0 Å². The van der Waals surface area contributed by atoms with E-state index in [2.05, 4.69) is 34.3 Å². The molecule has 22 heavy (non-hydrogen) atoms. The van der Waals surface area contributed by atoms with Crippen LogP contribution in [0, 0.1) is 0 Å². The van der Waals surface area contributed by atoms with Crippen molar-refractivity contribution in [3.8, 4) is 0 Å². The van der Waals surface area contributed by atoms with Crippen molar-refractivity contribution in [2.45, 2.75) is 37.3 Å². The fourth-order valence-electron chi connectivity index (χ4n) is 3.78. The minimum absolute atomic E-state index is 0.0606. The Bertz CT molecular complexity index is 779. The first-order valence-corrected chi connectivity index (χ1v) is 7.84. The van der Waals surface area contributed by atoms with E-state index in [1.165, 1.54) is 6.33 Å². The Morgan fingerprint density at radius 2 is 1.95 bits per heavy atom. The van der Waals surface area contributed by atoms with Gasteiger partial charge in [0.2, 0.25) is 0 Å². The molecule has 2 atom stereocenters. The smallest absolute Gasteiger partial charge is 0.137 e. The van der Waals surface area contributed by atoms with Gasteiger partial charge in [0.1, 0.15) is 18.3 Å². The van der Waals surface area contributed by atoms with Crippen molar-refractivity contribution in [1.29, 1.82) is 0 Å². The Morgan fingerprint density at radius 3 is 2.82 bits per heavy atom. The maximum absolute atomic E-state index is 11.6. The second-order valence-electron chi connectivity index (χ2n) is 6.09. The summed E-state index contributed by atoms with van der Waals surface area (Å²) in [4.78, 5) is 4.06. The molecule has 112 valence electrons. The van der Waals surface area contributed by atoms with Crippen LogP contribution in [0.5, 0.6) is 0 Å². The fourth-order valence-corrected chi connectivity index (χ4v) is 3.78. The van der Waals surface area contributed by atoms with Gasteiger partial charge >= 0.3 is 0 Å². The second-order valence-corrected chi connectivity index (χ2v) is 6.09. The first-order chi connectivity index (χ1) is 10.8. The monoisotopic (exact) mass is 293 g/mol. The van der Waals surface area contributed by atoms with E-state index in [4.69, 9.17) is 0 Å². The van der Waals surface area contributed by atoms with Gasteiger partial charge in [0.15, 0.2) is 0 Å². The highest BCUT2D eigenvalue weighted by atomic mass is 16.3. The highest BCUT2D eigenvalue weighted by Gasteiger charge is 2.42. The van der Waals surface area contributed by atoms with Gasteiger partial charge in [0, 0.05) is 0 Å². The number of rotatable bonds is 2. The van der Waals surface area contributed by atoms with Crippen molar-refractivity contribution in [2.24, 2.45) is 0 Å². The van der Waals surface area contributed by atoms with Crippen molar-refractivity contribution in [3.05, 3.63) is 60.7 Å². The van der Waals surface area contributed by atoms with Gasteiger partial charge in [-0.1, -0.05) is 55.3 Å². The topological polar surface area (TPSA) is 50.9 Å². The van der Waals surface area contributed by atoms with Gasteiger partial charge in [-0.15, -0.1) is 0 Å². The maximum atomic E-state index is 11.6. The van der Waals surface area contributed by atoms with Crippen LogP contribution in [0.25, 0.3) is 10.8 Å². The van der Waals surface area contributed by atoms with Crippen LogP contribution in [0.3, 0.4) is 0 Å². The third-order valence-corrected chi connectivity index (χ3v) is 4.85. The zero-order valence-electron chi connectivity index (χ0n) is 12.4. The van der Waals surface area contributed by atoms with E-state index in [0.29, 0.717) is 0 Å². The second kappa shape index (κ2) is 5.21. The van der Waals surface area contributed by atoms with Crippen molar-refractivity contribution in [1.82, 2.24) is 14.8 Å². The van der Waals surface area contributed by atoms with Crippen LogP contribution in [0.15, 0.2) is 55.1 Å². The van der Waals surface area contributed by atoms with Gasteiger partial charge in [-0.25, -0.2) is 9.67 Å². The average Bonchev–Trinajstić information content (AvgIpc) is 3.09. The Balaban J connectivity index is 1.90. The molecule has 1 aromatic heterocycles. The fraction of sp³-hybridized carbons (Fsp3) is 0.333. The molecule has 1 aliphatic carbocycles. The van der Waals surface area contributed by atoms with Gasteiger partial charge in [-0.2, -0.15) is 5.10 Å². The van der Waals surface area contributed by atoms with Crippen LogP contribution in [0.1, 0.15) is 37.3 Å². The Hall–Kier alpha value is -2.20. The molecule has 0 aliphatic heterocycles. The molecule has 2 aromatic carbocycles. The van der Waals surface area contributed by atoms with Gasteiger partial charge in [-0.05, 0) is 29.2 Å². The highest BCUT2D eigenvalue weighted by Crippen LogP contribution is 2.46. The summed E-state index contributed by atoms with van der Waals surface area (Å²) < 4.78 is 1.82. The molecule has 1 saturated carbocycles. The molecule has 4 nitrogen and oxygen atoms in total. The number of fused-ring (bicyclic) bond motifs is 1. The van der Waals surface area contributed by atoms with E-state index in [1.54, 1.807) is 6.33 Å². The molecule has 0 saturated heterocycles. The largest absolute Gasteiger partial charge is 0.383 e. The molecule has 0 amide bonds. The number of hydrogen-bond donors (Lipinski definition) is 1. The minimum atomic E-state index is -0.896. The van der Waals surface area contributed by atoms with Crippen LogP contribution in [0.2, 0.25) is 0 Å². The lowest BCUT2D eigenvalue weighted by Crippen LogP contribution is -2.40. The molecule has 0 radical (unpaired) electrons. The van der Waals surface area contributed by atoms with E-state index in [9.17, 15) is 5.11 Å². The van der Waals surface area contributed by atoms with Crippen molar-refractivity contribution >= 4 is 10.8 Å². The van der Waals surface area contributed by atoms with Crippen LogP contribution in [-0.4, -0.2) is 19.9 Å². The molecule has 4 heteroatoms. The van der Waals surface area contributed by atoms with E-state index in [0.717, 1.165) is 42.0 Å². The van der Waals surface area contributed by atoms with Gasteiger partial charge in [0.25, 0.3) is 0 Å². The summed E-state index contributed by atoms with van der Waals surface area (Å²) in [5, 5.41) is 18.2. The predicted octanol–water partition coefficient (Wildman–Crippen LogP) is 3.43. The molecule has 1 fully saturated rings. The normalized spacial score (nSPS) is 25.4. The predicted molar refractivity (Wildman–Crippen MR) is 85.4 cm³/mol. The van der Waals surface area contributed by atoms with Crippen molar-refractivity contribution in [2.75, 3.05) is 0 Å². The lowest BCUT2D eigenvalue weighted by Gasteiger charge is -2.40. The first-order valence-electron chi connectivity index (χ1n) is 7.84. The zero-order valence-corrected chi connectivity index (χ0v) is 12.4. The summed E-state index contributed by atoms with van der Waals surface area (Å²) in [5.41, 5.74) is 0.109. The van der Waals surface area contributed by atoms with E-state index in [1.807, 2.05) is 22.9 Å². The third-order valence-electron chi connectivity index (χ3n) is 4.85. The molecular formula is C18H19N3O. The molecule has 0 bridgehead atoms. The van der Waals surface area contributed by atoms with Crippen molar-refractivity contribution in [3.63, 3.8) is 0 Å². The molecule has 0 unspecified atom stereocenters. The van der Waals surface area contributed by atoms with E-state index in [-0.39, 0.29) is 6.04 Å². The van der Waals surface area contributed by atoms with E-state index >= 15 is 0 Å². The summed E-state index contributed by atoms with van der Waals surface area (Å²) >= 11 is 0. The summed E-state index contributed by atoms with van der Waals surface area (Å²) in [6.45, 7) is 0. The molecule has 1 heterocycles. The SMILES string of the molecule is O[C@]1(c2cccc3ccccc23)CCCC[C@H]1n1cncn1.